The molecule has 16 heavy (non-hydrogen) atoms. The Balaban J connectivity index is 2.03. The smallest absolute Gasteiger partial charge is 0.276 e. The number of nitrogens with one attached hydrogen (secondary N) is 2. The number of quaternary nitrogens is 2. The second kappa shape index (κ2) is 2.69. The summed E-state index contributed by atoms with van der Waals surface area (Å²) in [5.41, 5.74) is -2.10. The molecule has 88 valence electrons. The molecule has 0 saturated carbocycles. The summed E-state index contributed by atoms with van der Waals surface area (Å²) >= 11 is 0. The fourth-order valence-electron chi connectivity index (χ4n) is 3.96. The van der Waals surface area contributed by atoms with Gasteiger partial charge in [0.05, 0.1) is 0 Å². The summed E-state index contributed by atoms with van der Waals surface area (Å²) in [4.78, 5) is 23.8. The molecule has 8 nitrogen and oxygen atoms in total. The number of hydrogen-bond acceptors (Lipinski definition) is 4. The van der Waals surface area contributed by atoms with E-state index in [0.29, 0.717) is 26.2 Å². The Morgan fingerprint density at radius 1 is 0.875 bits per heavy atom. The van der Waals surface area contributed by atoms with E-state index in [2.05, 4.69) is 0 Å². The number of nitro groups is 2. The average molecular weight is 230 g/mol. The Kier molecular flexibility index (Phi) is 1.67. The van der Waals surface area contributed by atoms with Gasteiger partial charge in [-0.1, -0.05) is 0 Å². The van der Waals surface area contributed by atoms with Gasteiger partial charge < -0.3 is 0 Å². The van der Waals surface area contributed by atoms with Gasteiger partial charge >= 0.3 is 11.1 Å². The first-order valence-electron chi connectivity index (χ1n) is 5.42. The molecule has 0 aromatic heterocycles. The molecule has 0 aromatic rings. The predicted octanol–water partition coefficient (Wildman–Crippen LogP) is -3.82. The summed E-state index contributed by atoms with van der Waals surface area (Å²) in [6.07, 6.45) is 0.118. The number of nitrogens with zero attached hydrogens (tertiary/aromatic N) is 2. The second-order valence-electron chi connectivity index (χ2n) is 5.52. The summed E-state index contributed by atoms with van der Waals surface area (Å²) in [7, 11) is 0. The highest BCUT2D eigenvalue weighted by molar-refractivity contribution is 4.98. The molecule has 4 saturated heterocycles. The highest BCUT2D eigenvalue weighted by Gasteiger charge is 2.74. The van der Waals surface area contributed by atoms with Crippen LogP contribution in [0.3, 0.4) is 0 Å². The summed E-state index contributed by atoms with van der Waals surface area (Å²) < 4.78 is 0. The lowest BCUT2D eigenvalue weighted by atomic mass is 9.72. The van der Waals surface area contributed by atoms with Gasteiger partial charge in [0.1, 0.15) is 6.42 Å². The Bertz CT molecular complexity index is 338. The molecule has 0 spiro atoms. The van der Waals surface area contributed by atoms with Crippen molar-refractivity contribution in [3.8, 4) is 0 Å². The molecular weight excluding hydrogens is 216 g/mol. The van der Waals surface area contributed by atoms with Crippen molar-refractivity contribution in [3.05, 3.63) is 20.2 Å². The van der Waals surface area contributed by atoms with Gasteiger partial charge in [0.25, 0.3) is 0 Å². The van der Waals surface area contributed by atoms with Gasteiger partial charge in [0.15, 0.2) is 26.2 Å². The molecule has 8 heteroatoms. The van der Waals surface area contributed by atoms with Gasteiger partial charge in [-0.25, -0.2) is 0 Å². The Morgan fingerprint density at radius 2 is 1.25 bits per heavy atom. The summed E-state index contributed by atoms with van der Waals surface area (Å²) in [5.74, 6) is 0. The first kappa shape index (κ1) is 9.91. The Morgan fingerprint density at radius 3 is 1.56 bits per heavy atom. The maximum atomic E-state index is 11.2. The molecular formula is C8H14N4O4+2. The van der Waals surface area contributed by atoms with Crippen LogP contribution in [0.25, 0.3) is 0 Å². The monoisotopic (exact) mass is 230 g/mol. The molecule has 0 radical (unpaired) electrons. The SMILES string of the molecule is O=[N+]([O-])C12C[NH+]3C[NH+](C1)CC([N+](=O)[O-])(C3)C2. The van der Waals surface area contributed by atoms with Crippen molar-refractivity contribution >= 4 is 0 Å². The van der Waals surface area contributed by atoms with Crippen molar-refractivity contribution in [2.24, 2.45) is 0 Å². The third kappa shape index (κ3) is 1.05. The fraction of sp³-hybridized carbons (Fsp3) is 1.00. The molecule has 0 unspecified atom stereocenters. The predicted molar refractivity (Wildman–Crippen MR) is 50.3 cm³/mol. The van der Waals surface area contributed by atoms with Gasteiger partial charge in [-0.15, -0.1) is 0 Å². The molecule has 0 aromatic carbocycles. The largest absolute Gasteiger partial charge is 0.324 e. The topological polar surface area (TPSA) is 95.2 Å². The zero-order valence-corrected chi connectivity index (χ0v) is 8.77. The van der Waals surface area contributed by atoms with E-state index in [0.717, 1.165) is 16.5 Å². The molecule has 0 aliphatic carbocycles. The van der Waals surface area contributed by atoms with E-state index in [9.17, 15) is 20.2 Å². The summed E-state index contributed by atoms with van der Waals surface area (Å²) in [5, 5.41) is 22.3. The van der Waals surface area contributed by atoms with Crippen molar-refractivity contribution in [1.82, 2.24) is 0 Å². The molecule has 4 heterocycles. The van der Waals surface area contributed by atoms with E-state index in [1.807, 2.05) is 0 Å². The highest BCUT2D eigenvalue weighted by atomic mass is 16.6. The molecule has 4 bridgehead atoms. The number of rotatable bonds is 2. The van der Waals surface area contributed by atoms with Gasteiger partial charge in [0, 0.05) is 9.85 Å². The second-order valence-corrected chi connectivity index (χ2v) is 5.52. The molecule has 4 aliphatic heterocycles. The van der Waals surface area contributed by atoms with Crippen LogP contribution in [0.15, 0.2) is 0 Å². The minimum absolute atomic E-state index is 0.118. The molecule has 0 amide bonds. The molecule has 2 N–H and O–H groups in total. The maximum Gasteiger partial charge on any atom is 0.324 e. The molecule has 0 atom stereocenters. The summed E-state index contributed by atoms with van der Waals surface area (Å²) in [6.45, 7) is 2.63. The van der Waals surface area contributed by atoms with Crippen LogP contribution in [0.4, 0.5) is 0 Å². The minimum Gasteiger partial charge on any atom is -0.276 e. The molecule has 4 aliphatic rings. The van der Waals surface area contributed by atoms with Crippen LogP contribution in [0.2, 0.25) is 0 Å². The van der Waals surface area contributed by atoms with Crippen LogP contribution in [0.1, 0.15) is 6.42 Å². The van der Waals surface area contributed by atoms with Crippen LogP contribution < -0.4 is 9.80 Å². The summed E-state index contributed by atoms with van der Waals surface area (Å²) in [6, 6.07) is 0. The number of piperidine rings is 2. The number of hydrogen-bond donors (Lipinski definition) is 2. The lowest BCUT2D eigenvalue weighted by Crippen LogP contribution is -3.42. The van der Waals surface area contributed by atoms with Gasteiger partial charge in [-0.05, 0) is 0 Å². The van der Waals surface area contributed by atoms with Gasteiger partial charge in [-0.2, -0.15) is 0 Å². The van der Waals surface area contributed by atoms with Crippen molar-refractivity contribution in [3.63, 3.8) is 0 Å². The van der Waals surface area contributed by atoms with Crippen LogP contribution in [-0.2, 0) is 0 Å². The van der Waals surface area contributed by atoms with Crippen molar-refractivity contribution in [2.45, 2.75) is 17.5 Å². The van der Waals surface area contributed by atoms with E-state index in [1.165, 1.54) is 0 Å². The van der Waals surface area contributed by atoms with Crippen molar-refractivity contribution < 1.29 is 19.6 Å². The average Bonchev–Trinajstić information content (AvgIpc) is 2.14. The highest BCUT2D eigenvalue weighted by Crippen LogP contribution is 2.30. The Labute approximate surface area is 91.1 Å². The van der Waals surface area contributed by atoms with E-state index < -0.39 is 11.1 Å². The maximum absolute atomic E-state index is 11.2. The first-order chi connectivity index (χ1) is 7.46. The normalized spacial score (nSPS) is 49.2. The van der Waals surface area contributed by atoms with E-state index in [-0.39, 0.29) is 16.3 Å². The van der Waals surface area contributed by atoms with Gasteiger partial charge in [-0.3, -0.25) is 30.0 Å². The van der Waals surface area contributed by atoms with E-state index >= 15 is 0 Å². The first-order valence-corrected chi connectivity index (χ1v) is 5.42. The zero-order valence-electron chi connectivity index (χ0n) is 8.77. The third-order valence-corrected chi connectivity index (χ3v) is 4.25. The standard InChI is InChI=1S/C8H12N4O4/c13-11(14)7-1-8(12(15)16)4-9(2-7)6-10(3-7)5-8/h1-6H2/p+2. The van der Waals surface area contributed by atoms with Crippen molar-refractivity contribution in [2.75, 3.05) is 32.8 Å². The van der Waals surface area contributed by atoms with E-state index in [1.54, 1.807) is 0 Å². The third-order valence-electron chi connectivity index (χ3n) is 4.25. The Hall–Kier alpha value is -1.28. The van der Waals surface area contributed by atoms with Crippen LogP contribution in [0, 0.1) is 20.2 Å². The lowest BCUT2D eigenvalue weighted by Gasteiger charge is -2.50. The van der Waals surface area contributed by atoms with Crippen LogP contribution in [0.5, 0.6) is 0 Å². The molecule has 4 fully saturated rings. The van der Waals surface area contributed by atoms with Crippen molar-refractivity contribution in [1.29, 1.82) is 0 Å². The minimum atomic E-state index is -1.05. The lowest BCUT2D eigenvalue weighted by molar-refractivity contribution is -1.16. The van der Waals surface area contributed by atoms with Crippen LogP contribution >= 0.6 is 0 Å². The molecule has 4 rings (SSSR count). The van der Waals surface area contributed by atoms with Gasteiger partial charge in [0.2, 0.25) is 6.67 Å². The zero-order chi connectivity index (χ0) is 11.6. The fourth-order valence-corrected chi connectivity index (χ4v) is 3.96. The van der Waals surface area contributed by atoms with Crippen LogP contribution in [-0.4, -0.2) is 53.8 Å². The van der Waals surface area contributed by atoms with E-state index in [4.69, 9.17) is 0 Å². The quantitative estimate of drug-likeness (QED) is 0.375.